The van der Waals surface area contributed by atoms with E-state index in [1.165, 1.54) is 0 Å². The first-order valence-corrected chi connectivity index (χ1v) is 9.59. The minimum absolute atomic E-state index is 0.0334. The first kappa shape index (κ1) is 16.7. The van der Waals surface area contributed by atoms with Crippen molar-refractivity contribution in [3.63, 3.8) is 0 Å². The highest BCUT2D eigenvalue weighted by Gasteiger charge is 2.36. The summed E-state index contributed by atoms with van der Waals surface area (Å²) in [6.45, 7) is 3.74. The third-order valence-corrected chi connectivity index (χ3v) is 5.96. The maximum atomic E-state index is 12.4. The summed E-state index contributed by atoms with van der Waals surface area (Å²) >= 11 is 7.56. The van der Waals surface area contributed by atoms with Gasteiger partial charge in [0, 0.05) is 31.2 Å². The molecule has 1 amide bonds. The lowest BCUT2D eigenvalue weighted by atomic mass is 10.2. The Balaban J connectivity index is 1.57. The molecule has 0 spiro atoms. The van der Waals surface area contributed by atoms with Crippen LogP contribution in [0.2, 0.25) is 5.02 Å². The van der Waals surface area contributed by atoms with E-state index < -0.39 is 0 Å². The van der Waals surface area contributed by atoms with Crippen molar-refractivity contribution in [1.29, 1.82) is 0 Å². The lowest BCUT2D eigenvalue weighted by molar-refractivity contribution is -0.115. The number of carbonyl (C=O) groups excluding carboxylic acids is 1. The molecule has 9 heteroatoms. The molecule has 0 radical (unpaired) electrons. The van der Waals surface area contributed by atoms with Crippen LogP contribution in [0.5, 0.6) is 0 Å². The second-order valence-electron chi connectivity index (χ2n) is 6.23. The van der Waals surface area contributed by atoms with Gasteiger partial charge in [-0.25, -0.2) is 5.10 Å². The molecule has 1 atom stereocenters. The number of carbonyl (C=O) groups is 1. The standard InChI is InChI=1S/C16H19ClN6OS/c1-21-6-8-22(9-7-21)15-18-16(20-19-15)23-13(24)10-25-14(23)11-2-4-12(17)5-3-11/h2-5,14H,6-10H2,1H3,(H,18,19,20)/t14-/m1/s1. The molecule has 0 bridgehead atoms. The molecule has 1 aromatic carbocycles. The van der Waals surface area contributed by atoms with E-state index in [0.717, 1.165) is 31.7 Å². The van der Waals surface area contributed by atoms with E-state index in [1.807, 2.05) is 24.3 Å². The zero-order valence-electron chi connectivity index (χ0n) is 13.9. The number of rotatable bonds is 3. The van der Waals surface area contributed by atoms with Crippen molar-refractivity contribution in [2.45, 2.75) is 5.37 Å². The molecule has 4 rings (SSSR count). The van der Waals surface area contributed by atoms with Crippen molar-refractivity contribution >= 4 is 41.2 Å². The number of thioether (sulfide) groups is 1. The topological polar surface area (TPSA) is 68.4 Å². The van der Waals surface area contributed by atoms with Gasteiger partial charge in [-0.2, -0.15) is 4.98 Å². The van der Waals surface area contributed by atoms with Crippen molar-refractivity contribution in [2.75, 3.05) is 48.8 Å². The minimum atomic E-state index is -0.113. The summed E-state index contributed by atoms with van der Waals surface area (Å²) in [4.78, 5) is 23.1. The van der Waals surface area contributed by atoms with Gasteiger partial charge in [0.2, 0.25) is 17.8 Å². The molecule has 1 aromatic heterocycles. The van der Waals surface area contributed by atoms with E-state index >= 15 is 0 Å². The zero-order valence-corrected chi connectivity index (χ0v) is 15.4. The quantitative estimate of drug-likeness (QED) is 0.880. The lowest BCUT2D eigenvalue weighted by Crippen LogP contribution is -2.45. The number of anilines is 2. The monoisotopic (exact) mass is 378 g/mol. The lowest BCUT2D eigenvalue weighted by Gasteiger charge is -2.31. The molecule has 25 heavy (non-hydrogen) atoms. The van der Waals surface area contributed by atoms with Crippen LogP contribution in [0.4, 0.5) is 11.9 Å². The number of hydrogen-bond donors (Lipinski definition) is 1. The van der Waals surface area contributed by atoms with Crippen molar-refractivity contribution < 1.29 is 4.79 Å². The van der Waals surface area contributed by atoms with E-state index in [-0.39, 0.29) is 11.3 Å². The number of aromatic amines is 1. The van der Waals surface area contributed by atoms with Crippen LogP contribution in [0.1, 0.15) is 10.9 Å². The van der Waals surface area contributed by atoms with Crippen LogP contribution in [-0.2, 0) is 4.79 Å². The molecule has 2 aliphatic heterocycles. The number of H-pyrrole nitrogens is 1. The van der Waals surface area contributed by atoms with E-state index in [0.29, 0.717) is 22.7 Å². The number of nitrogens with one attached hydrogen (secondary N) is 1. The predicted molar refractivity (Wildman–Crippen MR) is 100 cm³/mol. The van der Waals surface area contributed by atoms with Gasteiger partial charge >= 0.3 is 0 Å². The largest absolute Gasteiger partial charge is 0.337 e. The van der Waals surface area contributed by atoms with Crippen LogP contribution in [-0.4, -0.2) is 65.0 Å². The molecule has 132 valence electrons. The Bertz CT molecular complexity index is 758. The van der Waals surface area contributed by atoms with Crippen molar-refractivity contribution in [1.82, 2.24) is 20.1 Å². The average Bonchev–Trinajstić information content (AvgIpc) is 3.23. The summed E-state index contributed by atoms with van der Waals surface area (Å²) in [5.41, 5.74) is 1.03. The first-order valence-electron chi connectivity index (χ1n) is 8.17. The van der Waals surface area contributed by atoms with Gasteiger partial charge in [-0.05, 0) is 24.7 Å². The molecule has 0 unspecified atom stereocenters. The zero-order chi connectivity index (χ0) is 17.4. The summed E-state index contributed by atoms with van der Waals surface area (Å²) in [7, 11) is 2.11. The summed E-state index contributed by atoms with van der Waals surface area (Å²) in [6, 6.07) is 7.58. The smallest absolute Gasteiger partial charge is 0.246 e. The number of aromatic nitrogens is 3. The summed E-state index contributed by atoms with van der Waals surface area (Å²) in [5.74, 6) is 1.62. The van der Waals surface area contributed by atoms with Crippen LogP contribution in [0, 0.1) is 0 Å². The number of halogens is 1. The van der Waals surface area contributed by atoms with Gasteiger partial charge in [0.25, 0.3) is 0 Å². The highest BCUT2D eigenvalue weighted by Crippen LogP contribution is 2.41. The third kappa shape index (κ3) is 3.33. The number of nitrogens with zero attached hydrogens (tertiary/aromatic N) is 5. The van der Waals surface area contributed by atoms with E-state index in [4.69, 9.17) is 11.6 Å². The van der Waals surface area contributed by atoms with Gasteiger partial charge in [-0.3, -0.25) is 9.69 Å². The van der Waals surface area contributed by atoms with Gasteiger partial charge in [0.1, 0.15) is 5.37 Å². The maximum Gasteiger partial charge on any atom is 0.246 e. The normalized spacial score (nSPS) is 22.0. The van der Waals surface area contributed by atoms with Crippen molar-refractivity contribution in [3.05, 3.63) is 34.9 Å². The number of piperazine rings is 1. The SMILES string of the molecule is CN1CCN(c2n[nH]c(N3C(=O)CS[C@@H]3c3ccc(Cl)cc3)n2)CC1. The Kier molecular flexibility index (Phi) is 4.58. The minimum Gasteiger partial charge on any atom is -0.337 e. The second kappa shape index (κ2) is 6.86. The molecule has 2 fully saturated rings. The maximum absolute atomic E-state index is 12.4. The molecule has 3 heterocycles. The second-order valence-corrected chi connectivity index (χ2v) is 7.73. The highest BCUT2D eigenvalue weighted by atomic mass is 35.5. The Morgan fingerprint density at radius 2 is 1.92 bits per heavy atom. The number of hydrogen-bond acceptors (Lipinski definition) is 6. The molecular formula is C16H19ClN6OS. The van der Waals surface area contributed by atoms with E-state index in [9.17, 15) is 4.79 Å². The predicted octanol–water partition coefficient (Wildman–Crippen LogP) is 1.99. The van der Waals surface area contributed by atoms with Crippen LogP contribution in [0.15, 0.2) is 24.3 Å². The molecular weight excluding hydrogens is 360 g/mol. The number of amides is 1. The molecule has 2 aliphatic rings. The van der Waals surface area contributed by atoms with E-state index in [2.05, 4.69) is 32.0 Å². The Labute approximate surface area is 155 Å². The van der Waals surface area contributed by atoms with Gasteiger partial charge < -0.3 is 9.80 Å². The first-order chi connectivity index (χ1) is 12.1. The van der Waals surface area contributed by atoms with Gasteiger partial charge in [-0.15, -0.1) is 16.9 Å². The number of benzene rings is 1. The third-order valence-electron chi connectivity index (χ3n) is 4.50. The Morgan fingerprint density at radius 1 is 1.20 bits per heavy atom. The molecule has 1 N–H and O–H groups in total. The van der Waals surface area contributed by atoms with Crippen molar-refractivity contribution in [3.8, 4) is 0 Å². The van der Waals surface area contributed by atoms with Crippen LogP contribution in [0.25, 0.3) is 0 Å². The fourth-order valence-corrected chi connectivity index (χ4v) is 4.31. The Morgan fingerprint density at radius 3 is 2.64 bits per heavy atom. The number of likely N-dealkylation sites (N-methyl/N-ethyl adjacent to an activating group) is 1. The molecule has 7 nitrogen and oxygen atoms in total. The van der Waals surface area contributed by atoms with Crippen LogP contribution >= 0.6 is 23.4 Å². The fourth-order valence-electron chi connectivity index (χ4n) is 3.03. The van der Waals surface area contributed by atoms with E-state index in [1.54, 1.807) is 16.7 Å². The van der Waals surface area contributed by atoms with Gasteiger partial charge in [0.05, 0.1) is 5.75 Å². The molecule has 0 saturated carbocycles. The van der Waals surface area contributed by atoms with Crippen LogP contribution in [0.3, 0.4) is 0 Å². The highest BCUT2D eigenvalue weighted by molar-refractivity contribution is 8.00. The van der Waals surface area contributed by atoms with Gasteiger partial charge in [-0.1, -0.05) is 23.7 Å². The molecule has 0 aliphatic carbocycles. The summed E-state index contributed by atoms with van der Waals surface area (Å²) in [6.07, 6.45) is 0. The van der Waals surface area contributed by atoms with Crippen molar-refractivity contribution in [2.24, 2.45) is 0 Å². The Hall–Kier alpha value is -1.77. The summed E-state index contributed by atoms with van der Waals surface area (Å²) < 4.78 is 0. The van der Waals surface area contributed by atoms with Crippen LogP contribution < -0.4 is 9.80 Å². The molecule has 2 aromatic rings. The summed E-state index contributed by atoms with van der Waals surface area (Å²) in [5, 5.41) is 7.85. The molecule has 2 saturated heterocycles. The van der Waals surface area contributed by atoms with Gasteiger partial charge in [0.15, 0.2) is 0 Å². The fraction of sp³-hybridized carbons (Fsp3) is 0.438. The average molecular weight is 379 g/mol.